The van der Waals surface area contributed by atoms with Crippen LogP contribution in [0.25, 0.3) is 21.6 Å². The first-order valence-corrected chi connectivity index (χ1v) is 9.00. The molecule has 3 aromatic heterocycles. The van der Waals surface area contributed by atoms with Gasteiger partial charge >= 0.3 is 12.1 Å². The second-order valence-corrected chi connectivity index (χ2v) is 6.98. The SMILES string of the molecule is N#Cc1c(-c2sccc2Cl)n(CCNC(=O)C(F)(F)F)c2c(=S)nc[nH]c12. The summed E-state index contributed by atoms with van der Waals surface area (Å²) in [5.74, 6) is -2.04. The van der Waals surface area contributed by atoms with Gasteiger partial charge in [-0.1, -0.05) is 23.8 Å². The third-order valence-electron chi connectivity index (χ3n) is 3.68. The molecule has 6 nitrogen and oxygen atoms in total. The molecule has 140 valence electrons. The number of aromatic amines is 1. The lowest BCUT2D eigenvalue weighted by Crippen LogP contribution is -2.38. The quantitative estimate of drug-likeness (QED) is 0.611. The summed E-state index contributed by atoms with van der Waals surface area (Å²) in [6.07, 6.45) is -3.64. The van der Waals surface area contributed by atoms with E-state index in [1.54, 1.807) is 16.0 Å². The molecule has 0 unspecified atom stereocenters. The number of carbonyl (C=O) groups is 1. The highest BCUT2D eigenvalue weighted by Crippen LogP contribution is 2.39. The molecule has 0 radical (unpaired) electrons. The van der Waals surface area contributed by atoms with Gasteiger partial charge < -0.3 is 14.9 Å². The summed E-state index contributed by atoms with van der Waals surface area (Å²) in [6, 6.07) is 3.73. The maximum absolute atomic E-state index is 12.4. The molecule has 0 fully saturated rings. The van der Waals surface area contributed by atoms with E-state index < -0.39 is 12.1 Å². The molecule has 0 aliphatic rings. The predicted molar refractivity (Wildman–Crippen MR) is 97.0 cm³/mol. The Balaban J connectivity index is 2.13. The van der Waals surface area contributed by atoms with Gasteiger partial charge in [0.1, 0.15) is 17.1 Å². The summed E-state index contributed by atoms with van der Waals surface area (Å²) in [4.78, 5) is 18.4. The number of aromatic nitrogens is 3. The van der Waals surface area contributed by atoms with Crippen LogP contribution in [0.15, 0.2) is 17.8 Å². The van der Waals surface area contributed by atoms with Gasteiger partial charge in [-0.3, -0.25) is 4.79 Å². The molecule has 0 saturated carbocycles. The molecular weight excluding hydrogens is 423 g/mol. The Morgan fingerprint density at radius 1 is 1.52 bits per heavy atom. The van der Waals surface area contributed by atoms with E-state index >= 15 is 0 Å². The first-order chi connectivity index (χ1) is 12.8. The fraction of sp³-hybridized carbons (Fsp3) is 0.200. The van der Waals surface area contributed by atoms with Crippen LogP contribution in [-0.4, -0.2) is 33.2 Å². The smallest absolute Gasteiger partial charge is 0.346 e. The van der Waals surface area contributed by atoms with Crippen molar-refractivity contribution in [3.8, 4) is 16.6 Å². The predicted octanol–water partition coefficient (Wildman–Crippen LogP) is 4.03. The minimum Gasteiger partial charge on any atom is -0.346 e. The Morgan fingerprint density at radius 3 is 2.85 bits per heavy atom. The monoisotopic (exact) mass is 431 g/mol. The van der Waals surface area contributed by atoms with Crippen LogP contribution in [0, 0.1) is 16.0 Å². The van der Waals surface area contributed by atoms with Gasteiger partial charge in [0, 0.05) is 13.1 Å². The van der Waals surface area contributed by atoms with Crippen molar-refractivity contribution in [3.05, 3.63) is 33.0 Å². The van der Waals surface area contributed by atoms with Crippen molar-refractivity contribution in [3.63, 3.8) is 0 Å². The number of halogens is 4. The summed E-state index contributed by atoms with van der Waals surface area (Å²) in [6.45, 7) is -0.389. The van der Waals surface area contributed by atoms with Crippen LogP contribution in [0.4, 0.5) is 13.2 Å². The number of thiophene rings is 1. The molecule has 3 heterocycles. The van der Waals surface area contributed by atoms with Gasteiger partial charge in [-0.05, 0) is 11.4 Å². The highest BCUT2D eigenvalue weighted by Gasteiger charge is 2.38. The number of amides is 1. The van der Waals surface area contributed by atoms with Crippen LogP contribution in [0.3, 0.4) is 0 Å². The Bertz CT molecular complexity index is 1130. The third-order valence-corrected chi connectivity index (χ3v) is 5.33. The van der Waals surface area contributed by atoms with E-state index in [1.165, 1.54) is 17.7 Å². The minimum absolute atomic E-state index is 0.0628. The Labute approximate surface area is 164 Å². The fourth-order valence-corrected chi connectivity index (χ4v) is 4.08. The molecule has 0 saturated heterocycles. The van der Waals surface area contributed by atoms with Crippen LogP contribution in [-0.2, 0) is 11.3 Å². The van der Waals surface area contributed by atoms with E-state index in [-0.39, 0.29) is 23.3 Å². The second-order valence-electron chi connectivity index (χ2n) is 5.27. The molecule has 0 aliphatic carbocycles. The number of hydrogen-bond donors (Lipinski definition) is 2. The van der Waals surface area contributed by atoms with E-state index in [0.717, 1.165) is 0 Å². The van der Waals surface area contributed by atoms with Crippen molar-refractivity contribution in [1.82, 2.24) is 19.9 Å². The molecule has 0 atom stereocenters. The van der Waals surface area contributed by atoms with Crippen molar-refractivity contribution >= 4 is 52.1 Å². The molecule has 0 aromatic carbocycles. The zero-order chi connectivity index (χ0) is 19.8. The summed E-state index contributed by atoms with van der Waals surface area (Å²) < 4.78 is 38.9. The largest absolute Gasteiger partial charge is 0.471 e. The van der Waals surface area contributed by atoms with Crippen LogP contribution in [0.2, 0.25) is 5.02 Å². The van der Waals surface area contributed by atoms with Crippen molar-refractivity contribution in [2.24, 2.45) is 0 Å². The lowest BCUT2D eigenvalue weighted by Gasteiger charge is -2.12. The van der Waals surface area contributed by atoms with Gasteiger partial charge in [0.15, 0.2) is 4.64 Å². The first-order valence-electron chi connectivity index (χ1n) is 7.34. The van der Waals surface area contributed by atoms with Crippen LogP contribution < -0.4 is 5.32 Å². The lowest BCUT2D eigenvalue weighted by atomic mass is 10.2. The van der Waals surface area contributed by atoms with Crippen molar-refractivity contribution in [1.29, 1.82) is 5.26 Å². The molecular formula is C15H9ClF3N5OS2. The third kappa shape index (κ3) is 3.55. The van der Waals surface area contributed by atoms with Gasteiger partial charge in [-0.25, -0.2) is 4.98 Å². The maximum atomic E-state index is 12.4. The highest BCUT2D eigenvalue weighted by atomic mass is 35.5. The molecule has 0 bridgehead atoms. The zero-order valence-electron chi connectivity index (χ0n) is 13.2. The molecule has 1 amide bonds. The number of H-pyrrole nitrogens is 1. The Morgan fingerprint density at radius 2 is 2.26 bits per heavy atom. The molecule has 3 rings (SSSR count). The van der Waals surface area contributed by atoms with Crippen LogP contribution in [0.1, 0.15) is 5.56 Å². The van der Waals surface area contributed by atoms with Gasteiger partial charge in [0.25, 0.3) is 0 Å². The van der Waals surface area contributed by atoms with Crippen LogP contribution >= 0.6 is 35.2 Å². The Hall–Kier alpha value is -2.42. The maximum Gasteiger partial charge on any atom is 0.471 e. The first kappa shape index (κ1) is 19.3. The van der Waals surface area contributed by atoms with Gasteiger partial charge in [0.05, 0.1) is 27.4 Å². The number of nitrogens with zero attached hydrogens (tertiary/aromatic N) is 3. The number of rotatable bonds is 4. The Kier molecular flexibility index (Phi) is 5.23. The van der Waals surface area contributed by atoms with Crippen LogP contribution in [0.5, 0.6) is 0 Å². The van der Waals surface area contributed by atoms with E-state index in [0.29, 0.717) is 26.6 Å². The average Bonchev–Trinajstić information content (AvgIpc) is 3.15. The van der Waals surface area contributed by atoms with Crippen molar-refractivity contribution in [2.45, 2.75) is 12.7 Å². The van der Waals surface area contributed by atoms with Crippen molar-refractivity contribution in [2.75, 3.05) is 6.54 Å². The molecule has 0 aliphatic heterocycles. The number of hydrogen-bond acceptors (Lipinski definition) is 5. The van der Waals surface area contributed by atoms with E-state index in [2.05, 4.69) is 16.0 Å². The summed E-state index contributed by atoms with van der Waals surface area (Å²) >= 11 is 12.7. The fourth-order valence-electron chi connectivity index (χ4n) is 2.61. The molecule has 27 heavy (non-hydrogen) atoms. The molecule has 2 N–H and O–H groups in total. The molecule has 12 heteroatoms. The van der Waals surface area contributed by atoms with E-state index in [4.69, 9.17) is 23.8 Å². The number of carbonyl (C=O) groups excluding carboxylic acids is 1. The van der Waals surface area contributed by atoms with E-state index in [1.807, 2.05) is 5.32 Å². The number of alkyl halides is 3. The number of fused-ring (bicyclic) bond motifs is 1. The lowest BCUT2D eigenvalue weighted by molar-refractivity contribution is -0.173. The average molecular weight is 432 g/mol. The summed E-state index contributed by atoms with van der Waals surface area (Å²) in [5.41, 5.74) is 1.43. The van der Waals surface area contributed by atoms with E-state index in [9.17, 15) is 23.2 Å². The summed E-state index contributed by atoms with van der Waals surface area (Å²) in [7, 11) is 0. The summed E-state index contributed by atoms with van der Waals surface area (Å²) in [5, 5.41) is 13.6. The minimum atomic E-state index is -4.98. The number of nitrogens with one attached hydrogen (secondary N) is 2. The van der Waals surface area contributed by atoms with Gasteiger partial charge in [-0.15, -0.1) is 11.3 Å². The molecule has 3 aromatic rings. The standard InChI is InChI=1S/C15H9ClF3N5OS2/c16-8-1-4-27-12(8)10-7(5-20)9-11(13(26)23-6-22-9)24(10)3-2-21-14(25)15(17,18)19/h1,4,6H,2-3H2,(H,21,25)(H,22,23,26). The van der Waals surface area contributed by atoms with Gasteiger partial charge in [0.2, 0.25) is 0 Å². The number of nitriles is 1. The second kappa shape index (κ2) is 7.30. The van der Waals surface area contributed by atoms with Gasteiger partial charge in [-0.2, -0.15) is 18.4 Å². The van der Waals surface area contributed by atoms with Crippen molar-refractivity contribution < 1.29 is 18.0 Å². The highest BCUT2D eigenvalue weighted by molar-refractivity contribution is 7.71. The zero-order valence-corrected chi connectivity index (χ0v) is 15.6. The normalized spacial score (nSPS) is 11.5. The molecule has 0 spiro atoms. The topological polar surface area (TPSA) is 86.5 Å².